The number of phenolic OH excluding ortho intramolecular Hbond substituents is 1. The Hall–Kier alpha value is -2.78. The maximum Gasteiger partial charge on any atom is 0.326 e. The molecule has 1 aromatic heterocycles. The molecule has 2 rings (SSSR count). The second-order valence-corrected chi connectivity index (χ2v) is 7.82. The normalized spacial score (nSPS) is 11.5. The number of carbonyl (C=O) groups is 2. The Kier molecular flexibility index (Phi) is 10.7. The lowest BCUT2D eigenvalue weighted by molar-refractivity contribution is -0.143. The molecule has 0 spiro atoms. The van der Waals surface area contributed by atoms with Gasteiger partial charge in [-0.15, -0.1) is 0 Å². The maximum absolute atomic E-state index is 14.4. The Morgan fingerprint density at radius 1 is 1.24 bits per heavy atom. The van der Waals surface area contributed by atoms with Crippen molar-refractivity contribution < 1.29 is 33.7 Å². The fourth-order valence-electron chi connectivity index (χ4n) is 2.77. The Bertz CT molecular complexity index is 1000. The third-order valence-electron chi connectivity index (χ3n) is 4.39. The van der Waals surface area contributed by atoms with E-state index in [-0.39, 0.29) is 60.9 Å². The molecule has 2 aromatic rings. The van der Waals surface area contributed by atoms with Crippen LogP contribution in [0, 0.1) is 5.95 Å². The van der Waals surface area contributed by atoms with Gasteiger partial charge in [-0.2, -0.15) is 9.37 Å². The van der Waals surface area contributed by atoms with E-state index in [1.54, 1.807) is 13.0 Å². The lowest BCUT2D eigenvalue weighted by Crippen LogP contribution is -2.30. The van der Waals surface area contributed by atoms with Crippen molar-refractivity contribution in [2.24, 2.45) is 0 Å². The predicted molar refractivity (Wildman–Crippen MR) is 124 cm³/mol. The molecule has 3 N–H and O–H groups in total. The summed E-state index contributed by atoms with van der Waals surface area (Å²) < 4.78 is 24.8. The zero-order chi connectivity index (χ0) is 24.0. The van der Waals surface area contributed by atoms with E-state index in [0.29, 0.717) is 5.56 Å². The molecule has 0 aliphatic rings. The van der Waals surface area contributed by atoms with E-state index in [9.17, 15) is 24.2 Å². The Morgan fingerprint density at radius 3 is 2.48 bits per heavy atom. The van der Waals surface area contributed by atoms with Gasteiger partial charge in [-0.25, -0.2) is 4.79 Å². The van der Waals surface area contributed by atoms with Crippen molar-refractivity contribution in [1.29, 1.82) is 0 Å². The van der Waals surface area contributed by atoms with Crippen molar-refractivity contribution in [3.63, 3.8) is 0 Å². The van der Waals surface area contributed by atoms with Crippen molar-refractivity contribution in [2.45, 2.75) is 53.0 Å². The number of aliphatic carboxylic acids is 1. The van der Waals surface area contributed by atoms with Crippen molar-refractivity contribution in [2.75, 3.05) is 11.9 Å². The van der Waals surface area contributed by atoms with E-state index in [2.05, 4.69) is 10.3 Å². The Balaban J connectivity index is 0.00000544. The highest BCUT2D eigenvalue weighted by Gasteiger charge is 2.25. The summed E-state index contributed by atoms with van der Waals surface area (Å²) in [7, 11) is 0. The van der Waals surface area contributed by atoms with Gasteiger partial charge in [0, 0.05) is 12.0 Å². The van der Waals surface area contributed by atoms with Gasteiger partial charge in [0.1, 0.15) is 27.6 Å². The Morgan fingerprint density at radius 2 is 1.91 bits per heavy atom. The summed E-state index contributed by atoms with van der Waals surface area (Å²) in [5.41, 5.74) is 0.590. The molecular formula is C22H27Cl2FN2O6. The lowest BCUT2D eigenvalue weighted by atomic mass is 10.0. The zero-order valence-corrected chi connectivity index (χ0v) is 19.1. The van der Waals surface area contributed by atoms with Gasteiger partial charge in [-0.05, 0) is 37.5 Å². The smallest absolute Gasteiger partial charge is 0.326 e. The first-order chi connectivity index (χ1) is 15.0. The molecule has 11 heteroatoms. The number of aromatic nitrogens is 1. The molecule has 0 bridgehead atoms. The molecule has 0 aliphatic carbocycles. The van der Waals surface area contributed by atoms with Crippen LogP contribution in [-0.4, -0.2) is 39.8 Å². The highest BCUT2D eigenvalue weighted by molar-refractivity contribution is 6.38. The van der Waals surface area contributed by atoms with Crippen molar-refractivity contribution in [1.82, 2.24) is 4.98 Å². The number of nitrogens with zero attached hydrogens (tertiary/aromatic N) is 1. The number of nitrogens with one attached hydrogen (secondary N) is 1. The van der Waals surface area contributed by atoms with Crippen LogP contribution in [0.4, 0.5) is 10.2 Å². The fourth-order valence-corrected chi connectivity index (χ4v) is 3.23. The van der Waals surface area contributed by atoms with Crippen LogP contribution in [0.5, 0.6) is 17.2 Å². The number of anilines is 1. The molecular weight excluding hydrogens is 478 g/mol. The third-order valence-corrected chi connectivity index (χ3v) is 5.07. The van der Waals surface area contributed by atoms with Crippen LogP contribution in [0.25, 0.3) is 0 Å². The number of pyridine rings is 1. The summed E-state index contributed by atoms with van der Waals surface area (Å²) in [6, 6.07) is 3.11. The van der Waals surface area contributed by atoms with E-state index in [1.165, 1.54) is 12.1 Å². The molecule has 0 fully saturated rings. The van der Waals surface area contributed by atoms with Gasteiger partial charge in [-0.3, -0.25) is 4.79 Å². The molecule has 0 unspecified atom stereocenters. The van der Waals surface area contributed by atoms with E-state index in [4.69, 9.17) is 32.7 Å². The molecule has 0 saturated heterocycles. The second kappa shape index (κ2) is 12.5. The number of carboxylic acid groups (broad SMARTS) is 1. The van der Waals surface area contributed by atoms with Gasteiger partial charge in [0.25, 0.3) is 0 Å². The topological polar surface area (TPSA) is 118 Å². The number of aromatic hydroxyl groups is 1. The lowest BCUT2D eigenvalue weighted by Gasteiger charge is -2.18. The molecule has 1 heterocycles. The minimum Gasteiger partial charge on any atom is -0.508 e. The van der Waals surface area contributed by atoms with Crippen LogP contribution in [0.1, 0.15) is 52.5 Å². The van der Waals surface area contributed by atoms with Crippen LogP contribution >= 0.6 is 23.2 Å². The number of phenols is 1. The molecule has 1 aromatic carbocycles. The third kappa shape index (κ3) is 7.36. The second-order valence-electron chi connectivity index (χ2n) is 7.06. The standard InChI is InChI=1S/C21H23Cl2FN2O6.CH4/c1-4-31-15(28)8-6-13(21(29)30)25-20-17(23)18(16(22)19(24)26-20)32-11-5-7-14(27)12(9-11)10(2)3;/h5,7,9-10,13,27H,4,6,8H2,1-3H3,(H,25,26)(H,29,30);1H4/t13-;/m1./s1. The van der Waals surface area contributed by atoms with E-state index in [0.717, 1.165) is 0 Å². The molecule has 0 amide bonds. The zero-order valence-electron chi connectivity index (χ0n) is 17.6. The number of carboxylic acids is 1. The highest BCUT2D eigenvalue weighted by Crippen LogP contribution is 2.42. The minimum atomic E-state index is -1.31. The van der Waals surface area contributed by atoms with Crippen LogP contribution in [0.2, 0.25) is 10.0 Å². The van der Waals surface area contributed by atoms with Crippen LogP contribution < -0.4 is 10.1 Å². The molecule has 8 nitrogen and oxygen atoms in total. The maximum atomic E-state index is 14.4. The molecule has 33 heavy (non-hydrogen) atoms. The van der Waals surface area contributed by atoms with Gasteiger partial charge < -0.3 is 25.0 Å². The number of hydrogen-bond acceptors (Lipinski definition) is 7. The average molecular weight is 505 g/mol. The highest BCUT2D eigenvalue weighted by atomic mass is 35.5. The fraction of sp³-hybridized carbons (Fsp3) is 0.409. The number of carbonyl (C=O) groups excluding carboxylic acids is 1. The first kappa shape index (κ1) is 28.3. The quantitative estimate of drug-likeness (QED) is 0.266. The van der Waals surface area contributed by atoms with Gasteiger partial charge in [0.2, 0.25) is 5.95 Å². The first-order valence-electron chi connectivity index (χ1n) is 9.75. The molecule has 0 radical (unpaired) electrons. The Labute approximate surface area is 201 Å². The van der Waals surface area contributed by atoms with E-state index >= 15 is 0 Å². The number of hydrogen-bond donors (Lipinski definition) is 3. The molecule has 0 saturated carbocycles. The monoisotopic (exact) mass is 504 g/mol. The van der Waals surface area contributed by atoms with Crippen LogP contribution in [0.3, 0.4) is 0 Å². The van der Waals surface area contributed by atoms with E-state index in [1.807, 2.05) is 13.8 Å². The van der Waals surface area contributed by atoms with E-state index < -0.39 is 29.0 Å². The molecule has 1 atom stereocenters. The predicted octanol–water partition coefficient (Wildman–Crippen LogP) is 5.99. The molecule has 182 valence electrons. The van der Waals surface area contributed by atoms with Gasteiger partial charge in [0.15, 0.2) is 11.6 Å². The number of rotatable bonds is 10. The first-order valence-corrected chi connectivity index (χ1v) is 10.5. The average Bonchev–Trinajstić information content (AvgIpc) is 2.72. The van der Waals surface area contributed by atoms with Gasteiger partial charge >= 0.3 is 11.9 Å². The van der Waals surface area contributed by atoms with Crippen molar-refractivity contribution in [3.05, 3.63) is 39.8 Å². The number of ether oxygens (including phenoxy) is 2. The van der Waals surface area contributed by atoms with Crippen LogP contribution in [-0.2, 0) is 14.3 Å². The summed E-state index contributed by atoms with van der Waals surface area (Å²) in [6.45, 7) is 5.53. The number of halogens is 3. The summed E-state index contributed by atoms with van der Waals surface area (Å²) in [5.74, 6) is -3.33. The van der Waals surface area contributed by atoms with Crippen molar-refractivity contribution >= 4 is 41.0 Å². The van der Waals surface area contributed by atoms with Gasteiger partial charge in [0.05, 0.1) is 6.61 Å². The molecule has 0 aliphatic heterocycles. The summed E-state index contributed by atoms with van der Waals surface area (Å²) >= 11 is 12.3. The van der Waals surface area contributed by atoms with Crippen LogP contribution in [0.15, 0.2) is 18.2 Å². The number of esters is 1. The minimum absolute atomic E-state index is 0. The SMILES string of the molecule is C.CCOC(=O)CC[C@@H](Nc1nc(F)c(Cl)c(Oc2ccc(O)c(C(C)C)c2)c1Cl)C(=O)O. The summed E-state index contributed by atoms with van der Waals surface area (Å²) in [6.07, 6.45) is -0.331. The van der Waals surface area contributed by atoms with Gasteiger partial charge in [-0.1, -0.05) is 44.5 Å². The summed E-state index contributed by atoms with van der Waals surface area (Å²) in [4.78, 5) is 26.7. The number of benzene rings is 1. The summed E-state index contributed by atoms with van der Waals surface area (Å²) in [5, 5.41) is 21.2. The van der Waals surface area contributed by atoms with Crippen molar-refractivity contribution in [3.8, 4) is 17.2 Å². The largest absolute Gasteiger partial charge is 0.508 e.